The van der Waals surface area contributed by atoms with Crippen LogP contribution in [0.5, 0.6) is 5.75 Å². The molecule has 2 aromatic rings. The predicted molar refractivity (Wildman–Crippen MR) is 91.6 cm³/mol. The van der Waals surface area contributed by atoms with Crippen LogP contribution in [0.25, 0.3) is 0 Å². The van der Waals surface area contributed by atoms with Gasteiger partial charge in [-0.1, -0.05) is 36.4 Å². The van der Waals surface area contributed by atoms with Gasteiger partial charge in [-0.05, 0) is 30.0 Å². The molecule has 0 radical (unpaired) electrons. The van der Waals surface area contributed by atoms with E-state index in [0.29, 0.717) is 25.1 Å². The molecular weight excluding hydrogens is 323 g/mol. The van der Waals surface area contributed by atoms with Crippen molar-refractivity contribution in [3.63, 3.8) is 0 Å². The van der Waals surface area contributed by atoms with Gasteiger partial charge in [-0.2, -0.15) is 0 Å². The second kappa shape index (κ2) is 7.98. The molecular formula is C19H21FN2O3. The van der Waals surface area contributed by atoms with Crippen molar-refractivity contribution in [3.8, 4) is 5.75 Å². The minimum absolute atomic E-state index is 0.0773. The highest BCUT2D eigenvalue weighted by Crippen LogP contribution is 2.33. The Hall–Kier alpha value is -2.60. The molecule has 0 saturated carbocycles. The van der Waals surface area contributed by atoms with Gasteiger partial charge in [-0.25, -0.2) is 9.18 Å². The quantitative estimate of drug-likeness (QED) is 0.798. The lowest BCUT2D eigenvalue weighted by atomic mass is 10.0. The fourth-order valence-electron chi connectivity index (χ4n) is 2.99. The second-order valence-electron chi connectivity index (χ2n) is 5.96. The van der Waals surface area contributed by atoms with E-state index in [-0.39, 0.29) is 24.4 Å². The fraction of sp³-hybridized carbons (Fsp3) is 0.316. The number of aliphatic hydroxyl groups excluding tert-OH is 1. The van der Waals surface area contributed by atoms with Gasteiger partial charge in [0, 0.05) is 12.1 Å². The van der Waals surface area contributed by atoms with Crippen LogP contribution in [0.1, 0.15) is 35.6 Å². The Morgan fingerprint density at radius 3 is 2.80 bits per heavy atom. The van der Waals surface area contributed by atoms with Crippen LogP contribution in [0.2, 0.25) is 0 Å². The molecule has 0 aliphatic carbocycles. The van der Waals surface area contributed by atoms with E-state index in [1.807, 2.05) is 24.3 Å². The zero-order valence-corrected chi connectivity index (χ0v) is 13.8. The molecule has 1 aliphatic heterocycles. The average Bonchev–Trinajstić information content (AvgIpc) is 2.84. The maximum atomic E-state index is 13.9. The third-order valence-corrected chi connectivity index (χ3v) is 4.29. The number of hydrogen-bond acceptors (Lipinski definition) is 3. The highest BCUT2D eigenvalue weighted by Gasteiger charge is 2.23. The van der Waals surface area contributed by atoms with Crippen LogP contribution >= 0.6 is 0 Å². The molecule has 25 heavy (non-hydrogen) atoms. The predicted octanol–water partition coefficient (Wildman–Crippen LogP) is 3.03. The van der Waals surface area contributed by atoms with Crippen molar-refractivity contribution in [1.29, 1.82) is 0 Å². The van der Waals surface area contributed by atoms with Crippen LogP contribution in [-0.2, 0) is 13.2 Å². The first-order chi connectivity index (χ1) is 12.2. The molecule has 1 atom stereocenters. The maximum Gasteiger partial charge on any atom is 0.315 e. The van der Waals surface area contributed by atoms with Crippen molar-refractivity contribution in [2.24, 2.45) is 0 Å². The van der Waals surface area contributed by atoms with E-state index in [1.54, 1.807) is 12.1 Å². The summed E-state index contributed by atoms with van der Waals surface area (Å²) in [6, 6.07) is 11.5. The molecule has 0 saturated heterocycles. The second-order valence-corrected chi connectivity index (χ2v) is 5.96. The van der Waals surface area contributed by atoms with Crippen molar-refractivity contribution in [2.75, 3.05) is 6.61 Å². The van der Waals surface area contributed by atoms with E-state index in [4.69, 9.17) is 4.74 Å². The molecule has 5 nitrogen and oxygen atoms in total. The molecule has 132 valence electrons. The number of ether oxygens (including phenoxy) is 1. The molecule has 1 unspecified atom stereocenters. The summed E-state index contributed by atoms with van der Waals surface area (Å²) >= 11 is 0. The first-order valence-electron chi connectivity index (χ1n) is 8.32. The van der Waals surface area contributed by atoms with Gasteiger partial charge in [0.15, 0.2) is 11.6 Å². The van der Waals surface area contributed by atoms with Crippen molar-refractivity contribution < 1.29 is 19.0 Å². The summed E-state index contributed by atoms with van der Waals surface area (Å²) in [4.78, 5) is 12.3. The highest BCUT2D eigenvalue weighted by atomic mass is 19.1. The number of benzene rings is 2. The number of fused-ring (bicyclic) bond motifs is 1. The first kappa shape index (κ1) is 17.2. The summed E-state index contributed by atoms with van der Waals surface area (Å²) in [5.74, 6) is -0.195. The number of nitrogens with one attached hydrogen (secondary N) is 2. The van der Waals surface area contributed by atoms with E-state index in [1.165, 1.54) is 6.07 Å². The van der Waals surface area contributed by atoms with E-state index >= 15 is 0 Å². The minimum atomic E-state index is -0.413. The summed E-state index contributed by atoms with van der Waals surface area (Å²) in [6.45, 7) is 0.658. The van der Waals surface area contributed by atoms with Gasteiger partial charge in [-0.15, -0.1) is 0 Å². The van der Waals surface area contributed by atoms with Crippen LogP contribution in [0, 0.1) is 5.82 Å². The summed E-state index contributed by atoms with van der Waals surface area (Å²) in [5.41, 5.74) is 2.29. The molecule has 1 aliphatic rings. The number of amides is 2. The average molecular weight is 344 g/mol. The van der Waals surface area contributed by atoms with Gasteiger partial charge in [0.2, 0.25) is 0 Å². The van der Waals surface area contributed by atoms with Crippen LogP contribution in [0.3, 0.4) is 0 Å². The molecule has 0 aromatic heterocycles. The van der Waals surface area contributed by atoms with Gasteiger partial charge in [-0.3, -0.25) is 0 Å². The number of carbonyl (C=O) groups excluding carboxylic acids is 1. The highest BCUT2D eigenvalue weighted by molar-refractivity contribution is 5.74. The Labute approximate surface area is 145 Å². The zero-order chi connectivity index (χ0) is 17.6. The number of rotatable bonds is 4. The zero-order valence-electron chi connectivity index (χ0n) is 13.8. The number of aliphatic hydroxyl groups is 1. The topological polar surface area (TPSA) is 70.6 Å². The lowest BCUT2D eigenvalue weighted by Gasteiger charge is -2.19. The lowest BCUT2D eigenvalue weighted by molar-refractivity contribution is 0.235. The maximum absolute atomic E-state index is 13.9. The van der Waals surface area contributed by atoms with Crippen LogP contribution < -0.4 is 15.4 Å². The Morgan fingerprint density at radius 2 is 2.00 bits per heavy atom. The Bertz CT molecular complexity index is 751. The third-order valence-electron chi connectivity index (χ3n) is 4.29. The van der Waals surface area contributed by atoms with Gasteiger partial charge in [0.25, 0.3) is 0 Å². The van der Waals surface area contributed by atoms with Crippen LogP contribution in [0.4, 0.5) is 9.18 Å². The standard InChI is InChI=1S/C19H21FN2O3/c20-16-8-3-7-15-17(9-4-10-25-18(15)16)22-19(24)21-11-13-5-1-2-6-14(13)12-23/h1-3,5-8,17,23H,4,9-12H2,(H2,21,22,24). The third kappa shape index (κ3) is 4.09. The smallest absolute Gasteiger partial charge is 0.315 e. The number of hydrogen-bond donors (Lipinski definition) is 3. The minimum Gasteiger partial charge on any atom is -0.490 e. The number of carbonyl (C=O) groups is 1. The molecule has 3 N–H and O–H groups in total. The number of para-hydroxylation sites is 1. The van der Waals surface area contributed by atoms with Gasteiger partial charge >= 0.3 is 6.03 Å². The first-order valence-corrected chi connectivity index (χ1v) is 8.32. The Morgan fingerprint density at radius 1 is 1.20 bits per heavy atom. The van der Waals surface area contributed by atoms with Crippen LogP contribution in [-0.4, -0.2) is 17.7 Å². The number of halogens is 1. The molecule has 6 heteroatoms. The Kier molecular flexibility index (Phi) is 5.50. The summed E-state index contributed by atoms with van der Waals surface area (Å²) < 4.78 is 19.4. The van der Waals surface area contributed by atoms with E-state index < -0.39 is 5.82 Å². The largest absolute Gasteiger partial charge is 0.490 e. The normalized spacial score (nSPS) is 16.3. The van der Waals surface area contributed by atoms with Crippen molar-refractivity contribution in [2.45, 2.75) is 32.0 Å². The Balaban J connectivity index is 1.66. The summed E-state index contributed by atoms with van der Waals surface area (Å²) in [5, 5.41) is 15.0. The van der Waals surface area contributed by atoms with Crippen molar-refractivity contribution >= 4 is 6.03 Å². The molecule has 0 bridgehead atoms. The van der Waals surface area contributed by atoms with Crippen molar-refractivity contribution in [1.82, 2.24) is 10.6 Å². The van der Waals surface area contributed by atoms with E-state index in [9.17, 15) is 14.3 Å². The lowest BCUT2D eigenvalue weighted by Crippen LogP contribution is -2.37. The number of urea groups is 1. The van der Waals surface area contributed by atoms with E-state index in [0.717, 1.165) is 17.5 Å². The van der Waals surface area contributed by atoms with Gasteiger partial charge in [0.05, 0.1) is 19.3 Å². The summed E-state index contributed by atoms with van der Waals surface area (Å²) in [7, 11) is 0. The molecule has 2 amide bonds. The molecule has 2 aromatic carbocycles. The SMILES string of the molecule is O=C(NCc1ccccc1CO)NC1CCCOc2c(F)cccc21. The molecule has 0 fully saturated rings. The molecule has 0 spiro atoms. The fourth-order valence-corrected chi connectivity index (χ4v) is 2.99. The molecule has 3 rings (SSSR count). The van der Waals surface area contributed by atoms with E-state index in [2.05, 4.69) is 10.6 Å². The van der Waals surface area contributed by atoms with Gasteiger partial charge in [0.1, 0.15) is 0 Å². The van der Waals surface area contributed by atoms with Crippen LogP contribution in [0.15, 0.2) is 42.5 Å². The monoisotopic (exact) mass is 344 g/mol. The summed E-state index contributed by atoms with van der Waals surface area (Å²) in [6.07, 6.45) is 1.41. The van der Waals surface area contributed by atoms with Crippen molar-refractivity contribution in [3.05, 3.63) is 65.0 Å². The molecule has 1 heterocycles. The van der Waals surface area contributed by atoms with Gasteiger partial charge < -0.3 is 20.5 Å².